The van der Waals surface area contributed by atoms with Crippen molar-refractivity contribution in [3.05, 3.63) is 46.7 Å². The van der Waals surface area contributed by atoms with E-state index in [1.54, 1.807) is 35.3 Å². The van der Waals surface area contributed by atoms with Crippen molar-refractivity contribution in [3.8, 4) is 0 Å². The van der Waals surface area contributed by atoms with Gasteiger partial charge in [0.25, 0.3) is 0 Å². The van der Waals surface area contributed by atoms with E-state index < -0.39 is 10.0 Å². The van der Waals surface area contributed by atoms with Crippen LogP contribution in [0.25, 0.3) is 0 Å². The highest BCUT2D eigenvalue weighted by atomic mass is 79.9. The number of halogens is 1. The Hall–Kier alpha value is -1.22. The van der Waals surface area contributed by atoms with Crippen LogP contribution in [0.1, 0.15) is 5.56 Å². The zero-order valence-corrected chi connectivity index (χ0v) is 12.9. The fourth-order valence-electron chi connectivity index (χ4n) is 1.66. The van der Waals surface area contributed by atoms with E-state index in [2.05, 4.69) is 25.8 Å². The highest BCUT2D eigenvalue weighted by Gasteiger charge is 2.17. The van der Waals surface area contributed by atoms with E-state index in [1.807, 2.05) is 0 Å². The molecule has 2 aromatic rings. The molecule has 0 aliphatic heterocycles. The molecule has 0 saturated carbocycles. The van der Waals surface area contributed by atoms with Gasteiger partial charge in [-0.3, -0.25) is 4.68 Å². The maximum atomic E-state index is 12.2. The molecule has 1 aromatic heterocycles. The summed E-state index contributed by atoms with van der Waals surface area (Å²) in [6.07, 6.45) is 3.40. The van der Waals surface area contributed by atoms with Gasteiger partial charge in [0.15, 0.2) is 0 Å². The van der Waals surface area contributed by atoms with Gasteiger partial charge >= 0.3 is 0 Å². The molecule has 1 aromatic carbocycles. The zero-order chi connectivity index (χ0) is 14.6. The maximum Gasteiger partial charge on any atom is 0.241 e. The summed E-state index contributed by atoms with van der Waals surface area (Å²) in [5.74, 6) is 0. The lowest BCUT2D eigenvalue weighted by atomic mass is 10.2. The van der Waals surface area contributed by atoms with E-state index in [0.717, 1.165) is 0 Å². The van der Waals surface area contributed by atoms with Crippen molar-refractivity contribution in [2.75, 3.05) is 6.54 Å². The number of hydrogen-bond donors (Lipinski definition) is 2. The van der Waals surface area contributed by atoms with Gasteiger partial charge < -0.3 is 5.11 Å². The van der Waals surface area contributed by atoms with Crippen molar-refractivity contribution in [1.29, 1.82) is 0 Å². The lowest BCUT2D eigenvalue weighted by Crippen LogP contribution is -2.28. The third-order valence-corrected chi connectivity index (χ3v) is 5.11. The number of aliphatic hydroxyl groups excluding tert-OH is 1. The van der Waals surface area contributed by atoms with Gasteiger partial charge in [-0.05, 0) is 39.7 Å². The van der Waals surface area contributed by atoms with Gasteiger partial charge in [-0.2, -0.15) is 5.10 Å². The first kappa shape index (κ1) is 15.2. The molecule has 0 spiro atoms. The Kier molecular flexibility index (Phi) is 4.92. The highest BCUT2D eigenvalue weighted by molar-refractivity contribution is 9.10. The van der Waals surface area contributed by atoms with Gasteiger partial charge in [0.2, 0.25) is 10.0 Å². The topological polar surface area (TPSA) is 84.2 Å². The zero-order valence-electron chi connectivity index (χ0n) is 10.5. The third kappa shape index (κ3) is 3.66. The predicted molar refractivity (Wildman–Crippen MR) is 77.5 cm³/mol. The minimum absolute atomic E-state index is 0.115. The van der Waals surface area contributed by atoms with Crippen molar-refractivity contribution in [1.82, 2.24) is 14.5 Å². The van der Waals surface area contributed by atoms with Gasteiger partial charge in [-0.25, -0.2) is 13.1 Å². The van der Waals surface area contributed by atoms with Crippen molar-refractivity contribution in [3.63, 3.8) is 0 Å². The Balaban J connectivity index is 2.09. The summed E-state index contributed by atoms with van der Waals surface area (Å²) in [7, 11) is -3.63. The molecule has 0 fully saturated rings. The molecule has 2 rings (SSSR count). The molecule has 20 heavy (non-hydrogen) atoms. The number of aliphatic hydroxyl groups is 1. The van der Waals surface area contributed by atoms with Gasteiger partial charge in [-0.15, -0.1) is 0 Å². The van der Waals surface area contributed by atoms with Crippen LogP contribution in [0.2, 0.25) is 0 Å². The van der Waals surface area contributed by atoms with E-state index >= 15 is 0 Å². The summed E-state index contributed by atoms with van der Waals surface area (Å²) < 4.78 is 29.0. The van der Waals surface area contributed by atoms with Crippen LogP contribution in [0.5, 0.6) is 0 Å². The first-order valence-electron chi connectivity index (χ1n) is 5.89. The predicted octanol–water partition coefficient (Wildman–Crippen LogP) is 1.12. The smallest absolute Gasteiger partial charge is 0.241 e. The number of sulfonamides is 1. The van der Waals surface area contributed by atoms with Crippen LogP contribution in [-0.2, 0) is 23.2 Å². The SMILES string of the molecule is O=S(=O)(NCCn1cccn1)c1cc(CO)ccc1Br. The summed E-state index contributed by atoms with van der Waals surface area (Å²) in [6, 6.07) is 6.48. The number of nitrogens with one attached hydrogen (secondary N) is 1. The van der Waals surface area contributed by atoms with Gasteiger partial charge in [0.1, 0.15) is 0 Å². The molecule has 0 amide bonds. The standard InChI is InChI=1S/C12H14BrN3O3S/c13-11-3-2-10(9-17)8-12(11)20(18,19)15-5-7-16-6-1-4-14-16/h1-4,6,8,15,17H,5,7,9H2. The average molecular weight is 360 g/mol. The van der Waals surface area contributed by atoms with E-state index in [-0.39, 0.29) is 18.0 Å². The fraction of sp³-hybridized carbons (Fsp3) is 0.250. The van der Waals surface area contributed by atoms with Crippen LogP contribution in [0.3, 0.4) is 0 Å². The van der Waals surface area contributed by atoms with Crippen LogP contribution in [0.15, 0.2) is 46.0 Å². The molecule has 8 heteroatoms. The molecule has 0 aliphatic rings. The quantitative estimate of drug-likeness (QED) is 0.809. The number of aromatic nitrogens is 2. The summed E-state index contributed by atoms with van der Waals surface area (Å²) in [4.78, 5) is 0.115. The average Bonchev–Trinajstić information content (AvgIpc) is 2.92. The second-order valence-electron chi connectivity index (χ2n) is 4.09. The summed E-state index contributed by atoms with van der Waals surface area (Å²) in [6.45, 7) is 0.479. The number of hydrogen-bond acceptors (Lipinski definition) is 4. The van der Waals surface area contributed by atoms with Crippen molar-refractivity contribution >= 4 is 26.0 Å². The van der Waals surface area contributed by atoms with Crippen molar-refractivity contribution < 1.29 is 13.5 Å². The lowest BCUT2D eigenvalue weighted by molar-refractivity contribution is 0.281. The van der Waals surface area contributed by atoms with E-state index in [4.69, 9.17) is 5.11 Å². The minimum Gasteiger partial charge on any atom is -0.392 e. The van der Waals surface area contributed by atoms with Crippen LogP contribution in [0.4, 0.5) is 0 Å². The van der Waals surface area contributed by atoms with Gasteiger partial charge in [0.05, 0.1) is 18.0 Å². The molecule has 0 unspecified atom stereocenters. The molecule has 0 radical (unpaired) electrons. The fourth-order valence-corrected chi connectivity index (χ4v) is 3.69. The monoisotopic (exact) mass is 359 g/mol. The second-order valence-corrected chi connectivity index (χ2v) is 6.68. The second kappa shape index (κ2) is 6.49. The Morgan fingerprint density at radius 3 is 2.85 bits per heavy atom. The lowest BCUT2D eigenvalue weighted by Gasteiger charge is -2.10. The first-order chi connectivity index (χ1) is 9.53. The molecule has 0 atom stereocenters. The number of nitrogens with zero attached hydrogens (tertiary/aromatic N) is 2. The van der Waals surface area contributed by atoms with Crippen LogP contribution >= 0.6 is 15.9 Å². The largest absolute Gasteiger partial charge is 0.392 e. The minimum atomic E-state index is -3.63. The Morgan fingerprint density at radius 2 is 2.20 bits per heavy atom. The van der Waals surface area contributed by atoms with Crippen LogP contribution in [0, 0.1) is 0 Å². The number of benzene rings is 1. The highest BCUT2D eigenvalue weighted by Crippen LogP contribution is 2.23. The molecular formula is C12H14BrN3O3S. The third-order valence-electron chi connectivity index (χ3n) is 2.66. The molecule has 0 saturated heterocycles. The Bertz CT molecular complexity index is 671. The van der Waals surface area contributed by atoms with E-state index in [0.29, 0.717) is 16.6 Å². The molecule has 0 aliphatic carbocycles. The van der Waals surface area contributed by atoms with Crippen molar-refractivity contribution in [2.24, 2.45) is 0 Å². The first-order valence-corrected chi connectivity index (χ1v) is 8.17. The van der Waals surface area contributed by atoms with Gasteiger partial charge in [-0.1, -0.05) is 6.07 Å². The van der Waals surface area contributed by atoms with Gasteiger partial charge in [0, 0.05) is 23.4 Å². The molecule has 108 valence electrons. The molecule has 2 N–H and O–H groups in total. The van der Waals surface area contributed by atoms with E-state index in [9.17, 15) is 8.42 Å². The van der Waals surface area contributed by atoms with Crippen LogP contribution in [-0.4, -0.2) is 29.8 Å². The molecule has 6 nitrogen and oxygen atoms in total. The van der Waals surface area contributed by atoms with E-state index in [1.165, 1.54) is 6.07 Å². The maximum absolute atomic E-state index is 12.2. The Labute approximate surface area is 125 Å². The van der Waals surface area contributed by atoms with Crippen LogP contribution < -0.4 is 4.72 Å². The summed E-state index contributed by atoms with van der Waals surface area (Å²) in [5, 5.41) is 13.1. The summed E-state index contributed by atoms with van der Waals surface area (Å²) in [5.41, 5.74) is 0.542. The normalized spacial score (nSPS) is 11.7. The number of rotatable bonds is 6. The Morgan fingerprint density at radius 1 is 1.40 bits per heavy atom. The molecule has 0 bridgehead atoms. The van der Waals surface area contributed by atoms with Crippen molar-refractivity contribution in [2.45, 2.75) is 18.0 Å². The molecule has 1 heterocycles. The summed E-state index contributed by atoms with van der Waals surface area (Å²) >= 11 is 3.21. The molecular weight excluding hydrogens is 346 g/mol.